The largest absolute Gasteiger partial charge is 0.438 e. The average molecular weight is 540 g/mol. The summed E-state index contributed by atoms with van der Waals surface area (Å²) in [6, 6.07) is 13.0. The zero-order valence-corrected chi connectivity index (χ0v) is 20.7. The molecule has 0 saturated carbocycles. The van der Waals surface area contributed by atoms with E-state index in [4.69, 9.17) is 4.74 Å². The number of aliphatic imine (C=N–C) groups is 1. The van der Waals surface area contributed by atoms with Crippen molar-refractivity contribution in [3.63, 3.8) is 0 Å². The van der Waals surface area contributed by atoms with E-state index in [2.05, 4.69) is 15.0 Å². The highest BCUT2D eigenvalue weighted by Crippen LogP contribution is 2.39. The summed E-state index contributed by atoms with van der Waals surface area (Å²) in [4.78, 5) is 25.7. The molecule has 0 N–H and O–H groups in total. The molecule has 0 radical (unpaired) electrons. The Morgan fingerprint density at radius 1 is 1.00 bits per heavy atom. The number of nitrogens with zero attached hydrogens (tertiary/aromatic N) is 4. The Morgan fingerprint density at radius 2 is 1.74 bits per heavy atom. The SMILES string of the molecule is CN=CN(c1ccc(Oc2ncccc2C(C)(F)F)cc1C=O)c1cccnc1-c1ccc(C(F)F)cc1F. The first kappa shape index (κ1) is 27.4. The second-order valence-corrected chi connectivity index (χ2v) is 8.34. The molecule has 4 rings (SSSR count). The highest BCUT2D eigenvalue weighted by Gasteiger charge is 2.29. The summed E-state index contributed by atoms with van der Waals surface area (Å²) >= 11 is 0. The van der Waals surface area contributed by atoms with Crippen LogP contribution >= 0.6 is 0 Å². The number of ether oxygens (including phenoxy) is 1. The number of pyridine rings is 2. The number of aromatic nitrogens is 2. The van der Waals surface area contributed by atoms with Crippen molar-refractivity contribution in [2.45, 2.75) is 19.3 Å². The summed E-state index contributed by atoms with van der Waals surface area (Å²) in [5, 5.41) is 0. The molecule has 0 unspecified atom stereocenters. The van der Waals surface area contributed by atoms with Gasteiger partial charge in [-0.3, -0.25) is 19.7 Å². The van der Waals surface area contributed by atoms with Crippen molar-refractivity contribution in [2.24, 2.45) is 4.99 Å². The van der Waals surface area contributed by atoms with E-state index in [0.29, 0.717) is 18.9 Å². The quantitative estimate of drug-likeness (QED) is 0.0941. The van der Waals surface area contributed by atoms with Gasteiger partial charge in [-0.2, -0.15) is 0 Å². The minimum Gasteiger partial charge on any atom is -0.438 e. The van der Waals surface area contributed by atoms with E-state index in [1.54, 1.807) is 12.1 Å². The van der Waals surface area contributed by atoms with Gasteiger partial charge in [-0.25, -0.2) is 26.9 Å². The number of anilines is 2. The maximum atomic E-state index is 14.9. The standard InChI is InChI=1S/C28H21F5N4O2/c1-28(32,33)21-5-3-12-36-27(21)39-19-8-10-23(18(13-19)15-38)37(16-34-2)24-6-4-11-35-25(24)20-9-7-17(26(30)31)14-22(20)29/h3-16,26H,1-2H3. The Kier molecular flexibility index (Phi) is 7.99. The lowest BCUT2D eigenvalue weighted by Crippen LogP contribution is -2.18. The van der Waals surface area contributed by atoms with E-state index in [0.717, 1.165) is 12.1 Å². The molecule has 11 heteroatoms. The summed E-state index contributed by atoms with van der Waals surface area (Å²) < 4.78 is 74.6. The van der Waals surface area contributed by atoms with Crippen LogP contribution in [0.3, 0.4) is 0 Å². The lowest BCUT2D eigenvalue weighted by molar-refractivity contribution is 0.0149. The molecule has 0 aliphatic rings. The van der Waals surface area contributed by atoms with Gasteiger partial charge in [-0.1, -0.05) is 6.07 Å². The van der Waals surface area contributed by atoms with Gasteiger partial charge in [0.25, 0.3) is 12.3 Å². The maximum absolute atomic E-state index is 14.9. The van der Waals surface area contributed by atoms with Crippen molar-refractivity contribution in [1.29, 1.82) is 0 Å². The molecule has 4 aromatic rings. The topological polar surface area (TPSA) is 67.7 Å². The number of alkyl halides is 4. The number of hydrogen-bond donors (Lipinski definition) is 0. The maximum Gasteiger partial charge on any atom is 0.275 e. The zero-order chi connectivity index (χ0) is 28.2. The molecule has 0 aliphatic heterocycles. The van der Waals surface area contributed by atoms with E-state index in [1.165, 1.54) is 67.1 Å². The lowest BCUT2D eigenvalue weighted by atomic mass is 10.0. The van der Waals surface area contributed by atoms with Crippen LogP contribution in [0, 0.1) is 5.82 Å². The average Bonchev–Trinajstić information content (AvgIpc) is 2.91. The molecule has 0 fully saturated rings. The van der Waals surface area contributed by atoms with Gasteiger partial charge < -0.3 is 4.74 Å². The molecule has 2 aromatic carbocycles. The Bertz CT molecular complexity index is 1520. The minimum absolute atomic E-state index is 0.0414. The van der Waals surface area contributed by atoms with Crippen LogP contribution < -0.4 is 9.64 Å². The molecule has 0 bridgehead atoms. The van der Waals surface area contributed by atoms with Crippen LogP contribution in [-0.4, -0.2) is 29.6 Å². The Balaban J connectivity index is 1.78. The second-order valence-electron chi connectivity index (χ2n) is 8.34. The van der Waals surface area contributed by atoms with Crippen molar-refractivity contribution >= 4 is 24.0 Å². The predicted octanol–water partition coefficient (Wildman–Crippen LogP) is 7.73. The molecule has 39 heavy (non-hydrogen) atoms. The summed E-state index contributed by atoms with van der Waals surface area (Å²) in [5.74, 6) is -4.37. The Hall–Kier alpha value is -4.67. The molecule has 200 valence electrons. The number of carbonyl (C=O) groups excluding carboxylic acids is 1. The van der Waals surface area contributed by atoms with Crippen molar-refractivity contribution in [1.82, 2.24) is 9.97 Å². The van der Waals surface area contributed by atoms with Crippen LogP contribution in [0.15, 0.2) is 78.0 Å². The van der Waals surface area contributed by atoms with Crippen LogP contribution in [0.2, 0.25) is 0 Å². The van der Waals surface area contributed by atoms with E-state index < -0.39 is 29.3 Å². The third kappa shape index (κ3) is 5.92. The van der Waals surface area contributed by atoms with Gasteiger partial charge in [0.1, 0.15) is 11.6 Å². The fourth-order valence-electron chi connectivity index (χ4n) is 3.86. The molecule has 0 spiro atoms. The van der Waals surface area contributed by atoms with Crippen molar-refractivity contribution < 1.29 is 31.5 Å². The van der Waals surface area contributed by atoms with E-state index in [9.17, 15) is 26.7 Å². The molecule has 0 saturated heterocycles. The number of aldehydes is 1. The summed E-state index contributed by atoms with van der Waals surface area (Å²) in [7, 11) is 1.48. The third-order valence-electron chi connectivity index (χ3n) is 5.62. The number of carbonyl (C=O) groups is 1. The van der Waals surface area contributed by atoms with Gasteiger partial charge in [-0.15, -0.1) is 0 Å². The molecule has 0 amide bonds. The first-order chi connectivity index (χ1) is 18.6. The van der Waals surface area contributed by atoms with Gasteiger partial charge >= 0.3 is 0 Å². The highest BCUT2D eigenvalue weighted by atomic mass is 19.3. The van der Waals surface area contributed by atoms with E-state index in [-0.39, 0.29) is 34.1 Å². The van der Waals surface area contributed by atoms with Gasteiger partial charge in [0.2, 0.25) is 5.88 Å². The summed E-state index contributed by atoms with van der Waals surface area (Å²) in [6.45, 7) is 0.716. The predicted molar refractivity (Wildman–Crippen MR) is 137 cm³/mol. The molecule has 2 heterocycles. The van der Waals surface area contributed by atoms with Gasteiger partial charge in [0, 0.05) is 43.1 Å². The summed E-state index contributed by atoms with van der Waals surface area (Å²) in [6.07, 6.45) is 1.76. The van der Waals surface area contributed by atoms with Crippen molar-refractivity contribution in [3.8, 4) is 22.9 Å². The van der Waals surface area contributed by atoms with Crippen LogP contribution in [0.1, 0.15) is 34.8 Å². The van der Waals surface area contributed by atoms with Gasteiger partial charge in [0.05, 0.1) is 29.0 Å². The monoisotopic (exact) mass is 540 g/mol. The lowest BCUT2D eigenvalue weighted by Gasteiger charge is -2.24. The van der Waals surface area contributed by atoms with Crippen molar-refractivity contribution in [3.05, 3.63) is 95.6 Å². The molecular formula is C28H21F5N4O2. The molecule has 0 aliphatic carbocycles. The third-order valence-corrected chi connectivity index (χ3v) is 5.62. The Morgan fingerprint density at radius 3 is 2.41 bits per heavy atom. The molecule has 0 atom stereocenters. The zero-order valence-electron chi connectivity index (χ0n) is 20.7. The van der Waals surface area contributed by atoms with Gasteiger partial charge in [-0.05, 0) is 54.6 Å². The van der Waals surface area contributed by atoms with E-state index >= 15 is 0 Å². The first-order valence-electron chi connectivity index (χ1n) is 11.5. The van der Waals surface area contributed by atoms with Crippen LogP contribution in [0.25, 0.3) is 11.3 Å². The van der Waals surface area contributed by atoms with Gasteiger partial charge in [0.15, 0.2) is 6.29 Å². The highest BCUT2D eigenvalue weighted by molar-refractivity contribution is 6.00. The second kappa shape index (κ2) is 11.4. The van der Waals surface area contributed by atoms with E-state index in [1.807, 2.05) is 0 Å². The Labute approximate surface area is 220 Å². The summed E-state index contributed by atoms with van der Waals surface area (Å²) in [5.41, 5.74) is -0.184. The van der Waals surface area contributed by atoms with Crippen LogP contribution in [-0.2, 0) is 5.92 Å². The molecular weight excluding hydrogens is 519 g/mol. The minimum atomic E-state index is -3.22. The van der Waals surface area contributed by atoms with Crippen molar-refractivity contribution in [2.75, 3.05) is 11.9 Å². The molecule has 2 aromatic heterocycles. The normalized spacial score (nSPS) is 11.7. The number of hydrogen-bond acceptors (Lipinski definition) is 5. The fourth-order valence-corrected chi connectivity index (χ4v) is 3.86. The number of halogens is 5. The fraction of sp³-hybridized carbons (Fsp3) is 0.143. The number of rotatable bonds is 9. The van der Waals surface area contributed by atoms with Crippen LogP contribution in [0.4, 0.5) is 33.3 Å². The first-order valence-corrected chi connectivity index (χ1v) is 11.5. The van der Waals surface area contributed by atoms with Crippen LogP contribution in [0.5, 0.6) is 11.6 Å². The number of benzene rings is 2. The smallest absolute Gasteiger partial charge is 0.275 e. The molecule has 6 nitrogen and oxygen atoms in total.